The van der Waals surface area contributed by atoms with Crippen LogP contribution < -0.4 is 5.32 Å². The van der Waals surface area contributed by atoms with E-state index in [0.717, 1.165) is 0 Å². The summed E-state index contributed by atoms with van der Waals surface area (Å²) in [5, 5.41) is 16.1. The summed E-state index contributed by atoms with van der Waals surface area (Å²) >= 11 is 6.21. The molecule has 1 unspecified atom stereocenters. The van der Waals surface area contributed by atoms with Crippen molar-refractivity contribution in [2.24, 2.45) is 5.92 Å². The van der Waals surface area contributed by atoms with Crippen molar-refractivity contribution in [3.05, 3.63) is 41.7 Å². The molecule has 2 rings (SSSR count). The molecule has 0 saturated heterocycles. The lowest BCUT2D eigenvalue weighted by atomic mass is 10.2. The van der Waals surface area contributed by atoms with E-state index < -0.39 is 17.9 Å². The van der Waals surface area contributed by atoms with Gasteiger partial charge in [-0.3, -0.25) is 4.79 Å². The number of rotatable bonds is 5. The molecule has 23 heavy (non-hydrogen) atoms. The summed E-state index contributed by atoms with van der Waals surface area (Å²) in [6.07, 6.45) is 3.41. The van der Waals surface area contributed by atoms with Gasteiger partial charge in [-0.05, 0) is 24.3 Å². The summed E-state index contributed by atoms with van der Waals surface area (Å²) < 4.78 is 1.62. The molecule has 0 aliphatic carbocycles. The molecule has 8 heteroatoms. The van der Waals surface area contributed by atoms with Gasteiger partial charge in [-0.2, -0.15) is 5.10 Å². The van der Waals surface area contributed by atoms with Crippen LogP contribution in [-0.2, 0) is 4.79 Å². The lowest BCUT2D eigenvalue weighted by Crippen LogP contribution is -2.36. The molecule has 0 radical (unpaired) electrons. The normalized spacial score (nSPS) is 11.8. The van der Waals surface area contributed by atoms with Crippen molar-refractivity contribution in [3.63, 3.8) is 0 Å². The number of anilines is 1. The van der Waals surface area contributed by atoms with Gasteiger partial charge in [0.05, 0.1) is 16.6 Å². The van der Waals surface area contributed by atoms with Crippen LogP contribution in [-0.4, -0.2) is 45.4 Å². The second-order valence-corrected chi connectivity index (χ2v) is 5.57. The summed E-state index contributed by atoms with van der Waals surface area (Å²) in [5.74, 6) is -1.59. The molecule has 1 aromatic heterocycles. The van der Waals surface area contributed by atoms with E-state index in [1.165, 1.54) is 11.9 Å². The van der Waals surface area contributed by atoms with Crippen LogP contribution in [0.3, 0.4) is 0 Å². The van der Waals surface area contributed by atoms with Gasteiger partial charge in [-0.15, -0.1) is 0 Å². The van der Waals surface area contributed by atoms with E-state index >= 15 is 0 Å². The Kier molecular flexibility index (Phi) is 5.23. The lowest BCUT2D eigenvalue weighted by Gasteiger charge is -2.20. The summed E-state index contributed by atoms with van der Waals surface area (Å²) in [6, 6.07) is 6.44. The molecule has 2 amide bonds. The topological polar surface area (TPSA) is 87.5 Å². The summed E-state index contributed by atoms with van der Waals surface area (Å²) in [4.78, 5) is 24.2. The number of nitrogens with zero attached hydrogens (tertiary/aromatic N) is 3. The third-order valence-electron chi connectivity index (χ3n) is 3.27. The number of amides is 2. The molecule has 1 aromatic carbocycles. The Morgan fingerprint density at radius 3 is 2.78 bits per heavy atom. The van der Waals surface area contributed by atoms with E-state index in [4.69, 9.17) is 16.7 Å². The third kappa shape index (κ3) is 4.23. The van der Waals surface area contributed by atoms with Gasteiger partial charge in [0.2, 0.25) is 0 Å². The second kappa shape index (κ2) is 7.15. The Bertz CT molecular complexity index is 703. The first kappa shape index (κ1) is 16.8. The molecule has 0 fully saturated rings. The number of urea groups is 1. The highest BCUT2D eigenvalue weighted by Crippen LogP contribution is 2.24. The first-order chi connectivity index (χ1) is 10.9. The van der Waals surface area contributed by atoms with Crippen molar-refractivity contribution in [2.45, 2.75) is 6.92 Å². The quantitative estimate of drug-likeness (QED) is 0.878. The Morgan fingerprint density at radius 1 is 1.48 bits per heavy atom. The number of aromatic nitrogens is 2. The van der Waals surface area contributed by atoms with Gasteiger partial charge < -0.3 is 15.3 Å². The minimum Gasteiger partial charge on any atom is -0.481 e. The highest BCUT2D eigenvalue weighted by Gasteiger charge is 2.17. The van der Waals surface area contributed by atoms with Gasteiger partial charge in [0.15, 0.2) is 0 Å². The molecule has 0 aliphatic heterocycles. The highest BCUT2D eigenvalue weighted by atomic mass is 35.5. The van der Waals surface area contributed by atoms with Crippen molar-refractivity contribution in [3.8, 4) is 5.69 Å². The monoisotopic (exact) mass is 336 g/mol. The fourth-order valence-electron chi connectivity index (χ4n) is 1.97. The van der Waals surface area contributed by atoms with Crippen LogP contribution in [0.4, 0.5) is 10.5 Å². The van der Waals surface area contributed by atoms with Crippen molar-refractivity contribution in [1.82, 2.24) is 14.7 Å². The maximum absolute atomic E-state index is 12.1. The number of carboxylic acid groups (broad SMARTS) is 1. The highest BCUT2D eigenvalue weighted by molar-refractivity contribution is 6.32. The number of carboxylic acids is 1. The molecular weight excluding hydrogens is 320 g/mol. The summed E-state index contributed by atoms with van der Waals surface area (Å²) in [6.45, 7) is 1.65. The van der Waals surface area contributed by atoms with Crippen molar-refractivity contribution < 1.29 is 14.7 Å². The molecule has 7 nitrogen and oxygen atoms in total. The smallest absolute Gasteiger partial charge is 0.321 e. The fraction of sp³-hybridized carbons (Fsp3) is 0.267. The van der Waals surface area contributed by atoms with Crippen LogP contribution in [0.5, 0.6) is 0 Å². The van der Waals surface area contributed by atoms with Gasteiger partial charge in [0.25, 0.3) is 0 Å². The zero-order valence-electron chi connectivity index (χ0n) is 12.7. The molecule has 0 saturated carbocycles. The van der Waals surface area contributed by atoms with E-state index in [1.807, 2.05) is 0 Å². The van der Waals surface area contributed by atoms with Crippen LogP contribution in [0, 0.1) is 5.92 Å². The number of halogens is 1. The van der Waals surface area contributed by atoms with Crippen molar-refractivity contribution in [1.29, 1.82) is 0 Å². The summed E-state index contributed by atoms with van der Waals surface area (Å²) in [7, 11) is 1.54. The number of benzene rings is 1. The zero-order chi connectivity index (χ0) is 17.0. The third-order valence-corrected chi connectivity index (χ3v) is 3.57. The number of carbonyl (C=O) groups is 2. The van der Waals surface area contributed by atoms with E-state index in [0.29, 0.717) is 16.4 Å². The molecule has 1 atom stereocenters. The molecule has 0 bridgehead atoms. The van der Waals surface area contributed by atoms with Crippen LogP contribution >= 0.6 is 11.6 Å². The Hall–Kier alpha value is -2.54. The SMILES string of the molecule is CC(CN(C)C(=O)Nc1ccc(-n2cccn2)c(Cl)c1)C(=O)O. The predicted molar refractivity (Wildman–Crippen MR) is 87.0 cm³/mol. The van der Waals surface area contributed by atoms with E-state index in [9.17, 15) is 9.59 Å². The molecule has 122 valence electrons. The van der Waals surface area contributed by atoms with Gasteiger partial charge in [-0.1, -0.05) is 18.5 Å². The van der Waals surface area contributed by atoms with E-state index in [2.05, 4.69) is 10.4 Å². The maximum atomic E-state index is 12.1. The Labute approximate surface area is 138 Å². The number of aliphatic carboxylic acids is 1. The van der Waals surface area contributed by atoms with Crippen molar-refractivity contribution >= 4 is 29.3 Å². The zero-order valence-corrected chi connectivity index (χ0v) is 13.5. The predicted octanol–water partition coefficient (Wildman–Crippen LogP) is 2.71. The molecule has 1 heterocycles. The minimum atomic E-state index is -0.948. The average Bonchev–Trinajstić information content (AvgIpc) is 3.01. The Balaban J connectivity index is 2.04. The van der Waals surface area contributed by atoms with E-state index in [1.54, 1.807) is 48.3 Å². The van der Waals surface area contributed by atoms with Gasteiger partial charge in [0, 0.05) is 31.7 Å². The molecule has 2 aromatic rings. The van der Waals surface area contributed by atoms with Crippen molar-refractivity contribution in [2.75, 3.05) is 18.9 Å². The van der Waals surface area contributed by atoms with Crippen LogP contribution in [0.25, 0.3) is 5.69 Å². The standard InChI is InChI=1S/C15H17ClN4O3/c1-10(14(21)22)9-19(2)15(23)18-11-4-5-13(12(16)8-11)20-7-3-6-17-20/h3-8,10H,9H2,1-2H3,(H,18,23)(H,21,22). The van der Waals surface area contributed by atoms with Crippen LogP contribution in [0.2, 0.25) is 5.02 Å². The molecule has 2 N–H and O–H groups in total. The average molecular weight is 337 g/mol. The first-order valence-corrected chi connectivity index (χ1v) is 7.30. The van der Waals surface area contributed by atoms with Gasteiger partial charge in [0.1, 0.15) is 0 Å². The number of hydrogen-bond donors (Lipinski definition) is 2. The molecule has 0 aliphatic rings. The fourth-order valence-corrected chi connectivity index (χ4v) is 2.24. The van der Waals surface area contributed by atoms with E-state index in [-0.39, 0.29) is 6.54 Å². The van der Waals surface area contributed by atoms with Crippen LogP contribution in [0.1, 0.15) is 6.92 Å². The molecule has 0 spiro atoms. The Morgan fingerprint density at radius 2 is 2.22 bits per heavy atom. The number of nitrogens with one attached hydrogen (secondary N) is 1. The largest absolute Gasteiger partial charge is 0.481 e. The maximum Gasteiger partial charge on any atom is 0.321 e. The lowest BCUT2D eigenvalue weighted by molar-refractivity contribution is -0.141. The first-order valence-electron chi connectivity index (χ1n) is 6.93. The second-order valence-electron chi connectivity index (χ2n) is 5.17. The number of hydrogen-bond acceptors (Lipinski definition) is 3. The van der Waals surface area contributed by atoms with Gasteiger partial charge >= 0.3 is 12.0 Å². The molecular formula is C15H17ClN4O3. The number of carbonyl (C=O) groups excluding carboxylic acids is 1. The minimum absolute atomic E-state index is 0.111. The van der Waals surface area contributed by atoms with Gasteiger partial charge in [-0.25, -0.2) is 9.48 Å². The van der Waals surface area contributed by atoms with Crippen LogP contribution in [0.15, 0.2) is 36.7 Å². The summed E-state index contributed by atoms with van der Waals surface area (Å²) in [5.41, 5.74) is 1.22.